The zero-order chi connectivity index (χ0) is 17.9. The van der Waals surface area contributed by atoms with E-state index in [0.717, 1.165) is 0 Å². The first-order valence-corrected chi connectivity index (χ1v) is 7.96. The van der Waals surface area contributed by atoms with Crippen molar-refractivity contribution in [1.29, 1.82) is 0 Å². The fourth-order valence-electron chi connectivity index (χ4n) is 2.87. The van der Waals surface area contributed by atoms with Crippen molar-refractivity contribution in [2.75, 3.05) is 13.1 Å². The average Bonchev–Trinajstić information content (AvgIpc) is 2.63. The first-order chi connectivity index (χ1) is 12.0. The molecule has 0 bridgehead atoms. The predicted molar refractivity (Wildman–Crippen MR) is 89.6 cm³/mol. The van der Waals surface area contributed by atoms with E-state index in [9.17, 15) is 19.5 Å². The number of pyridine rings is 1. The number of carbonyl (C=O) groups is 2. The van der Waals surface area contributed by atoms with E-state index in [1.54, 1.807) is 29.2 Å². The van der Waals surface area contributed by atoms with Crippen LogP contribution in [0.4, 0.5) is 0 Å². The van der Waals surface area contributed by atoms with Crippen molar-refractivity contribution in [2.45, 2.75) is 18.4 Å². The number of rotatable bonds is 4. The van der Waals surface area contributed by atoms with Crippen molar-refractivity contribution in [3.8, 4) is 5.75 Å². The molecular formula is C18H18N2O5. The number of nitrogens with zero attached hydrogens (tertiary/aromatic N) is 1. The van der Waals surface area contributed by atoms with E-state index in [-0.39, 0.29) is 37.4 Å². The summed E-state index contributed by atoms with van der Waals surface area (Å²) in [7, 11) is 0. The smallest absolute Gasteiger partial charge is 0.348 e. The number of carboxylic acid groups (broad SMARTS) is 1. The molecule has 0 atom stereocenters. The van der Waals surface area contributed by atoms with Crippen LogP contribution < -0.4 is 10.3 Å². The van der Waals surface area contributed by atoms with Gasteiger partial charge in [-0.25, -0.2) is 4.79 Å². The molecule has 130 valence electrons. The van der Waals surface area contributed by atoms with Crippen molar-refractivity contribution >= 4 is 11.9 Å². The first-order valence-electron chi connectivity index (χ1n) is 7.96. The summed E-state index contributed by atoms with van der Waals surface area (Å²) in [6.07, 6.45) is 1.74. The zero-order valence-corrected chi connectivity index (χ0v) is 13.5. The van der Waals surface area contributed by atoms with Crippen LogP contribution in [0.5, 0.6) is 5.75 Å². The maximum absolute atomic E-state index is 12.5. The number of aliphatic carboxylic acids is 1. The number of carboxylic acids is 1. The van der Waals surface area contributed by atoms with E-state index in [0.29, 0.717) is 11.3 Å². The summed E-state index contributed by atoms with van der Waals surface area (Å²) in [5.74, 6) is -0.784. The Balaban J connectivity index is 1.71. The summed E-state index contributed by atoms with van der Waals surface area (Å²) in [6.45, 7) is 0.522. The monoisotopic (exact) mass is 342 g/mol. The number of para-hydroxylation sites is 1. The van der Waals surface area contributed by atoms with Gasteiger partial charge in [-0.15, -0.1) is 0 Å². The third kappa shape index (κ3) is 3.55. The van der Waals surface area contributed by atoms with Crippen LogP contribution in [0.15, 0.2) is 53.5 Å². The summed E-state index contributed by atoms with van der Waals surface area (Å²) < 4.78 is 5.77. The fourth-order valence-corrected chi connectivity index (χ4v) is 2.87. The topological polar surface area (TPSA) is 99.7 Å². The number of hydrogen-bond acceptors (Lipinski definition) is 4. The van der Waals surface area contributed by atoms with Gasteiger partial charge in [0.1, 0.15) is 5.75 Å². The molecule has 0 saturated carbocycles. The number of nitrogens with one attached hydrogen (secondary N) is 1. The molecule has 25 heavy (non-hydrogen) atoms. The number of benzene rings is 1. The largest absolute Gasteiger partial charge is 0.478 e. The molecule has 0 radical (unpaired) electrons. The van der Waals surface area contributed by atoms with Crippen LogP contribution in [0.1, 0.15) is 23.2 Å². The van der Waals surface area contributed by atoms with Gasteiger partial charge in [-0.1, -0.05) is 18.2 Å². The van der Waals surface area contributed by atoms with Gasteiger partial charge in [-0.05, 0) is 18.2 Å². The molecule has 1 fully saturated rings. The van der Waals surface area contributed by atoms with E-state index < -0.39 is 11.6 Å². The van der Waals surface area contributed by atoms with Gasteiger partial charge in [0.25, 0.3) is 5.91 Å². The highest BCUT2D eigenvalue weighted by Gasteiger charge is 2.45. The van der Waals surface area contributed by atoms with Gasteiger partial charge in [-0.2, -0.15) is 0 Å². The quantitative estimate of drug-likeness (QED) is 0.877. The molecule has 2 N–H and O–H groups in total. The van der Waals surface area contributed by atoms with Crippen LogP contribution in [-0.2, 0) is 4.79 Å². The minimum atomic E-state index is -1.34. The van der Waals surface area contributed by atoms with Gasteiger partial charge in [0, 0.05) is 38.2 Å². The number of aromatic amines is 1. The molecule has 7 heteroatoms. The SMILES string of the molecule is O=C(c1ccc(=O)[nH]c1)N1CCC(Oc2ccccc2)(C(=O)O)CC1. The second-order valence-corrected chi connectivity index (χ2v) is 5.95. The number of hydrogen-bond donors (Lipinski definition) is 2. The Hall–Kier alpha value is -3.09. The normalized spacial score (nSPS) is 16.2. The molecule has 1 aromatic heterocycles. The van der Waals surface area contributed by atoms with Crippen LogP contribution >= 0.6 is 0 Å². The number of amides is 1. The van der Waals surface area contributed by atoms with Gasteiger partial charge in [-0.3, -0.25) is 9.59 Å². The summed E-state index contributed by atoms with van der Waals surface area (Å²) >= 11 is 0. The van der Waals surface area contributed by atoms with Gasteiger partial charge in [0.15, 0.2) is 0 Å². The predicted octanol–water partition coefficient (Wildman–Crippen LogP) is 1.51. The van der Waals surface area contributed by atoms with Crippen molar-refractivity contribution in [1.82, 2.24) is 9.88 Å². The van der Waals surface area contributed by atoms with E-state index >= 15 is 0 Å². The second kappa shape index (κ2) is 6.80. The number of carbonyl (C=O) groups excluding carboxylic acids is 1. The molecule has 0 unspecified atom stereocenters. The summed E-state index contributed by atoms with van der Waals surface area (Å²) in [5, 5.41) is 9.65. The van der Waals surface area contributed by atoms with Crippen molar-refractivity contribution in [2.24, 2.45) is 0 Å². The molecule has 0 spiro atoms. The van der Waals surface area contributed by atoms with Crippen molar-refractivity contribution in [3.05, 3.63) is 64.6 Å². The van der Waals surface area contributed by atoms with Crippen LogP contribution in [0, 0.1) is 0 Å². The average molecular weight is 342 g/mol. The van der Waals surface area contributed by atoms with Crippen LogP contribution in [0.3, 0.4) is 0 Å². The molecule has 2 aromatic rings. The van der Waals surface area contributed by atoms with Crippen LogP contribution in [-0.4, -0.2) is 45.6 Å². The van der Waals surface area contributed by atoms with E-state index in [2.05, 4.69) is 4.98 Å². The molecule has 1 aliphatic rings. The summed E-state index contributed by atoms with van der Waals surface area (Å²) in [5.41, 5.74) is -1.26. The molecule has 1 amide bonds. The molecule has 3 rings (SSSR count). The standard InChI is InChI=1S/C18H18N2O5/c21-15-7-6-13(12-19-15)16(22)20-10-8-18(9-11-20,17(23)24)25-14-4-2-1-3-5-14/h1-7,12H,8-11H2,(H,19,21)(H,23,24). The first kappa shape index (κ1) is 16.8. The maximum atomic E-state index is 12.5. The van der Waals surface area contributed by atoms with E-state index in [1.807, 2.05) is 6.07 Å². The second-order valence-electron chi connectivity index (χ2n) is 5.95. The Labute approximate surface area is 143 Å². The third-order valence-corrected chi connectivity index (χ3v) is 4.34. The Kier molecular flexibility index (Phi) is 4.56. The van der Waals surface area contributed by atoms with Crippen LogP contribution in [0.25, 0.3) is 0 Å². The lowest BCUT2D eigenvalue weighted by molar-refractivity contribution is -0.159. The van der Waals surface area contributed by atoms with E-state index in [1.165, 1.54) is 18.3 Å². The Bertz CT molecular complexity index is 802. The Morgan fingerprint density at radius 2 is 1.76 bits per heavy atom. The molecule has 1 aromatic carbocycles. The molecule has 2 heterocycles. The zero-order valence-electron chi connectivity index (χ0n) is 13.5. The number of piperidine rings is 1. The molecule has 0 aliphatic carbocycles. The molecule has 1 aliphatic heterocycles. The highest BCUT2D eigenvalue weighted by Crippen LogP contribution is 2.29. The van der Waals surface area contributed by atoms with E-state index in [4.69, 9.17) is 4.74 Å². The lowest BCUT2D eigenvalue weighted by atomic mass is 9.90. The van der Waals surface area contributed by atoms with Gasteiger partial charge >= 0.3 is 5.97 Å². The highest BCUT2D eigenvalue weighted by molar-refractivity contribution is 5.94. The summed E-state index contributed by atoms with van der Waals surface area (Å²) in [6, 6.07) is 11.5. The Morgan fingerprint density at radius 3 is 2.32 bits per heavy atom. The minimum absolute atomic E-state index is 0.187. The number of aromatic nitrogens is 1. The maximum Gasteiger partial charge on any atom is 0.348 e. The number of H-pyrrole nitrogens is 1. The number of ether oxygens (including phenoxy) is 1. The lowest BCUT2D eigenvalue weighted by Gasteiger charge is -2.38. The van der Waals surface area contributed by atoms with Gasteiger partial charge in [0.2, 0.25) is 11.2 Å². The molecule has 7 nitrogen and oxygen atoms in total. The highest BCUT2D eigenvalue weighted by atomic mass is 16.5. The van der Waals surface area contributed by atoms with Gasteiger partial charge in [0.05, 0.1) is 5.56 Å². The minimum Gasteiger partial charge on any atom is -0.478 e. The van der Waals surface area contributed by atoms with Crippen molar-refractivity contribution in [3.63, 3.8) is 0 Å². The third-order valence-electron chi connectivity index (χ3n) is 4.34. The molecule has 1 saturated heterocycles. The van der Waals surface area contributed by atoms with Crippen LogP contribution in [0.2, 0.25) is 0 Å². The number of likely N-dealkylation sites (tertiary alicyclic amines) is 1. The van der Waals surface area contributed by atoms with Gasteiger partial charge < -0.3 is 19.7 Å². The Morgan fingerprint density at radius 1 is 1.08 bits per heavy atom. The molecular weight excluding hydrogens is 324 g/mol. The van der Waals surface area contributed by atoms with Crippen molar-refractivity contribution < 1.29 is 19.4 Å². The summed E-state index contributed by atoms with van der Waals surface area (Å²) in [4.78, 5) is 39.4. The fraction of sp³-hybridized carbons (Fsp3) is 0.278. The lowest BCUT2D eigenvalue weighted by Crippen LogP contribution is -2.54.